The molecule has 36 heavy (non-hydrogen) atoms. The Morgan fingerprint density at radius 3 is 1.61 bits per heavy atom. The molecular formula is C22H26Br2N10O2. The highest BCUT2D eigenvalue weighted by Crippen LogP contribution is 2.25. The smallest absolute Gasteiger partial charge is 0.229 e. The van der Waals surface area contributed by atoms with Gasteiger partial charge in [0.05, 0.1) is 8.95 Å². The predicted octanol–water partition coefficient (Wildman–Crippen LogP) is 3.37. The fraction of sp³-hybridized carbons (Fsp3) is 0.273. The largest absolute Gasteiger partial charge is 0.367 e. The number of halogens is 2. The number of hydrogen-bond acceptors (Lipinski definition) is 10. The molecule has 0 unspecified atom stereocenters. The highest BCUT2D eigenvalue weighted by atomic mass is 79.9. The van der Waals surface area contributed by atoms with Crippen molar-refractivity contribution in [3.8, 4) is 0 Å². The van der Waals surface area contributed by atoms with Crippen LogP contribution in [0.25, 0.3) is 0 Å². The molecule has 0 spiro atoms. The molecule has 0 bridgehead atoms. The molecule has 14 heteroatoms. The molecule has 2 amide bonds. The molecule has 0 aliphatic rings. The van der Waals surface area contributed by atoms with E-state index < -0.39 is 0 Å². The van der Waals surface area contributed by atoms with Crippen LogP contribution in [0.1, 0.15) is 13.8 Å². The van der Waals surface area contributed by atoms with Crippen LogP contribution in [-0.4, -0.2) is 57.9 Å². The summed E-state index contributed by atoms with van der Waals surface area (Å²) in [5, 5.41) is 18.1. The zero-order valence-corrected chi connectivity index (χ0v) is 22.8. The maximum absolute atomic E-state index is 11.0. The number of rotatable bonds is 12. The average Bonchev–Trinajstić information content (AvgIpc) is 2.83. The molecule has 3 rings (SSSR count). The van der Waals surface area contributed by atoms with Crippen molar-refractivity contribution < 1.29 is 9.59 Å². The molecule has 0 fully saturated rings. The summed E-state index contributed by atoms with van der Waals surface area (Å²) >= 11 is 6.86. The SMILES string of the molecule is CC(=O)NCCNc1nc(Nc2cccc(Nc3ncc(Br)c(NCCNC(C)=O)n3)c2)ncc1Br. The van der Waals surface area contributed by atoms with Crippen molar-refractivity contribution in [1.29, 1.82) is 0 Å². The summed E-state index contributed by atoms with van der Waals surface area (Å²) in [7, 11) is 0. The zero-order valence-electron chi connectivity index (χ0n) is 19.7. The second kappa shape index (κ2) is 13.5. The summed E-state index contributed by atoms with van der Waals surface area (Å²) in [4.78, 5) is 39.6. The molecule has 0 aliphatic carbocycles. The highest BCUT2D eigenvalue weighted by molar-refractivity contribution is 9.11. The Morgan fingerprint density at radius 2 is 1.19 bits per heavy atom. The molecule has 12 nitrogen and oxygen atoms in total. The van der Waals surface area contributed by atoms with Crippen LogP contribution >= 0.6 is 31.9 Å². The summed E-state index contributed by atoms with van der Waals surface area (Å²) < 4.78 is 1.42. The molecule has 1 aromatic carbocycles. The highest BCUT2D eigenvalue weighted by Gasteiger charge is 2.08. The Hall–Kier alpha value is -3.52. The fourth-order valence-corrected chi connectivity index (χ4v) is 3.54. The monoisotopic (exact) mass is 620 g/mol. The molecule has 2 heterocycles. The molecule has 0 saturated carbocycles. The van der Waals surface area contributed by atoms with Crippen LogP contribution in [-0.2, 0) is 9.59 Å². The maximum Gasteiger partial charge on any atom is 0.229 e. The zero-order chi connectivity index (χ0) is 25.9. The number of nitrogens with one attached hydrogen (secondary N) is 6. The van der Waals surface area contributed by atoms with Crippen molar-refractivity contribution in [1.82, 2.24) is 30.6 Å². The molecule has 0 aliphatic heterocycles. The molecule has 190 valence electrons. The first-order chi connectivity index (χ1) is 17.3. The van der Waals surface area contributed by atoms with Gasteiger partial charge in [-0.1, -0.05) is 6.07 Å². The third-order valence-corrected chi connectivity index (χ3v) is 5.61. The van der Waals surface area contributed by atoms with Crippen LogP contribution in [0.3, 0.4) is 0 Å². The first-order valence-electron chi connectivity index (χ1n) is 11.0. The van der Waals surface area contributed by atoms with E-state index in [1.165, 1.54) is 13.8 Å². The van der Waals surface area contributed by atoms with Gasteiger partial charge in [0.15, 0.2) is 0 Å². The van der Waals surface area contributed by atoms with Crippen LogP contribution in [0.15, 0.2) is 45.6 Å². The minimum atomic E-state index is -0.0858. The summed E-state index contributed by atoms with van der Waals surface area (Å²) in [6.07, 6.45) is 3.29. The summed E-state index contributed by atoms with van der Waals surface area (Å²) in [5.41, 5.74) is 1.52. The van der Waals surface area contributed by atoms with Crippen molar-refractivity contribution in [2.75, 3.05) is 47.4 Å². The van der Waals surface area contributed by atoms with Gasteiger partial charge in [-0.2, -0.15) is 9.97 Å². The van der Waals surface area contributed by atoms with Crippen LogP contribution in [0.4, 0.5) is 34.9 Å². The van der Waals surface area contributed by atoms with Gasteiger partial charge < -0.3 is 31.9 Å². The first-order valence-corrected chi connectivity index (χ1v) is 12.5. The van der Waals surface area contributed by atoms with Gasteiger partial charge in [-0.15, -0.1) is 0 Å². The Labute approximate surface area is 225 Å². The van der Waals surface area contributed by atoms with Gasteiger partial charge >= 0.3 is 0 Å². The van der Waals surface area contributed by atoms with Gasteiger partial charge in [-0.05, 0) is 50.1 Å². The van der Waals surface area contributed by atoms with E-state index >= 15 is 0 Å². The molecule has 6 N–H and O–H groups in total. The Morgan fingerprint density at radius 1 is 0.750 bits per heavy atom. The Kier molecular flexibility index (Phi) is 10.2. The maximum atomic E-state index is 11.0. The van der Waals surface area contributed by atoms with Crippen molar-refractivity contribution >= 4 is 78.6 Å². The molecule has 0 saturated heterocycles. The quantitative estimate of drug-likeness (QED) is 0.166. The molecule has 0 atom stereocenters. The predicted molar refractivity (Wildman–Crippen MR) is 147 cm³/mol. The summed E-state index contributed by atoms with van der Waals surface area (Å²) in [6, 6.07) is 7.53. The normalized spacial score (nSPS) is 10.3. The third-order valence-electron chi connectivity index (χ3n) is 4.45. The Bertz CT molecular complexity index is 1120. The van der Waals surface area contributed by atoms with E-state index in [1.807, 2.05) is 24.3 Å². The average molecular weight is 622 g/mol. The number of carbonyl (C=O) groups excluding carboxylic acids is 2. The number of carbonyl (C=O) groups is 2. The number of amides is 2. The first kappa shape index (κ1) is 27.1. The van der Waals surface area contributed by atoms with Gasteiger partial charge in [-0.25, -0.2) is 9.97 Å². The van der Waals surface area contributed by atoms with Crippen LogP contribution < -0.4 is 31.9 Å². The van der Waals surface area contributed by atoms with Crippen molar-refractivity contribution in [2.24, 2.45) is 0 Å². The van der Waals surface area contributed by atoms with Crippen LogP contribution in [0, 0.1) is 0 Å². The number of anilines is 6. The minimum absolute atomic E-state index is 0.0858. The minimum Gasteiger partial charge on any atom is -0.367 e. The lowest BCUT2D eigenvalue weighted by Gasteiger charge is -2.12. The van der Waals surface area contributed by atoms with E-state index in [0.717, 1.165) is 11.4 Å². The van der Waals surface area contributed by atoms with Gasteiger partial charge in [0.25, 0.3) is 0 Å². The van der Waals surface area contributed by atoms with Crippen molar-refractivity contribution in [3.05, 3.63) is 45.6 Å². The number of aromatic nitrogens is 4. The van der Waals surface area contributed by atoms with E-state index in [0.29, 0.717) is 58.7 Å². The number of hydrogen-bond donors (Lipinski definition) is 6. The molecular weight excluding hydrogens is 596 g/mol. The van der Waals surface area contributed by atoms with Crippen molar-refractivity contribution in [2.45, 2.75) is 13.8 Å². The third kappa shape index (κ3) is 8.92. The lowest BCUT2D eigenvalue weighted by molar-refractivity contribution is -0.119. The van der Waals surface area contributed by atoms with E-state index in [-0.39, 0.29) is 11.8 Å². The van der Waals surface area contributed by atoms with Crippen LogP contribution in [0.2, 0.25) is 0 Å². The van der Waals surface area contributed by atoms with Gasteiger partial charge in [0.2, 0.25) is 23.7 Å². The summed E-state index contributed by atoms with van der Waals surface area (Å²) in [6.45, 7) is 4.94. The summed E-state index contributed by atoms with van der Waals surface area (Å²) in [5.74, 6) is 1.85. The lowest BCUT2D eigenvalue weighted by atomic mass is 10.3. The second-order valence-electron chi connectivity index (χ2n) is 7.43. The number of benzene rings is 1. The number of nitrogens with zero attached hydrogens (tertiary/aromatic N) is 4. The van der Waals surface area contributed by atoms with E-state index in [1.54, 1.807) is 12.4 Å². The molecule has 3 aromatic rings. The van der Waals surface area contributed by atoms with E-state index in [2.05, 4.69) is 83.7 Å². The van der Waals surface area contributed by atoms with E-state index in [9.17, 15) is 9.59 Å². The van der Waals surface area contributed by atoms with Crippen molar-refractivity contribution in [3.63, 3.8) is 0 Å². The Balaban J connectivity index is 1.63. The van der Waals surface area contributed by atoms with Gasteiger partial charge in [0, 0.05) is 63.8 Å². The standard InChI is InChI=1S/C22H26Br2N10O2/c1-13(35)25-6-8-27-19-17(23)11-29-21(33-19)31-15-4-3-5-16(10-15)32-22-30-12-18(24)20(34-22)28-9-7-26-14(2)36/h3-5,10-12H,6-9H2,1-2H3,(H,25,35)(H,26,36)(H2,27,29,31,33)(H2,28,30,32,34). The lowest BCUT2D eigenvalue weighted by Crippen LogP contribution is -2.26. The second-order valence-corrected chi connectivity index (χ2v) is 9.14. The van der Waals surface area contributed by atoms with E-state index in [4.69, 9.17) is 0 Å². The van der Waals surface area contributed by atoms with Gasteiger partial charge in [0.1, 0.15) is 11.6 Å². The fourth-order valence-electron chi connectivity index (χ4n) is 2.87. The van der Waals surface area contributed by atoms with Gasteiger partial charge in [-0.3, -0.25) is 9.59 Å². The van der Waals surface area contributed by atoms with Crippen LogP contribution in [0.5, 0.6) is 0 Å². The molecule has 2 aromatic heterocycles. The molecule has 0 radical (unpaired) electrons. The topological polar surface area (TPSA) is 158 Å².